The zero-order valence-corrected chi connectivity index (χ0v) is 19.5. The highest BCUT2D eigenvalue weighted by atomic mass is 19.4. The summed E-state index contributed by atoms with van der Waals surface area (Å²) in [5.74, 6) is -2.55. The van der Waals surface area contributed by atoms with E-state index in [-0.39, 0.29) is 22.5 Å². The molecule has 1 aromatic heterocycles. The first-order chi connectivity index (χ1) is 17.0. The van der Waals surface area contributed by atoms with Gasteiger partial charge < -0.3 is 14.6 Å². The monoisotopic (exact) mass is 498 g/mol. The molecular weight excluding hydrogens is 477 g/mol. The summed E-state index contributed by atoms with van der Waals surface area (Å²) in [6.07, 6.45) is -3.42. The molecule has 0 bridgehead atoms. The van der Waals surface area contributed by atoms with Crippen LogP contribution >= 0.6 is 0 Å². The molecule has 1 fully saturated rings. The van der Waals surface area contributed by atoms with Crippen LogP contribution in [0.1, 0.15) is 28.4 Å². The Balaban J connectivity index is 1.90. The molecule has 7 nitrogen and oxygen atoms in total. The predicted molar refractivity (Wildman–Crippen MR) is 125 cm³/mol. The van der Waals surface area contributed by atoms with Gasteiger partial charge in [0.05, 0.1) is 23.9 Å². The zero-order valence-electron chi connectivity index (χ0n) is 19.5. The minimum Gasteiger partial charge on any atom is -0.507 e. The third-order valence-corrected chi connectivity index (χ3v) is 5.64. The minimum atomic E-state index is -4.88. The number of carbonyl (C=O) groups is 2. The van der Waals surface area contributed by atoms with E-state index in [4.69, 9.17) is 4.74 Å². The number of nitrogens with zero attached hydrogens (tertiary/aromatic N) is 2. The summed E-state index contributed by atoms with van der Waals surface area (Å²) >= 11 is 0. The number of aliphatic hydroxyl groups excluding tert-OH is 1. The first-order valence-electron chi connectivity index (χ1n) is 10.7. The molecule has 10 heteroatoms. The van der Waals surface area contributed by atoms with Crippen LogP contribution in [0.2, 0.25) is 0 Å². The van der Waals surface area contributed by atoms with Gasteiger partial charge in [-0.15, -0.1) is 13.2 Å². The van der Waals surface area contributed by atoms with Gasteiger partial charge in [0.1, 0.15) is 23.3 Å². The molecule has 4 rings (SSSR count). The number of alkyl halides is 3. The highest BCUT2D eigenvalue weighted by molar-refractivity contribution is 6.51. The molecule has 1 unspecified atom stereocenters. The second kappa shape index (κ2) is 9.37. The number of ketones is 1. The van der Waals surface area contributed by atoms with Crippen molar-refractivity contribution in [1.29, 1.82) is 0 Å². The lowest BCUT2D eigenvalue weighted by Crippen LogP contribution is -2.29. The van der Waals surface area contributed by atoms with Crippen molar-refractivity contribution >= 4 is 23.1 Å². The van der Waals surface area contributed by atoms with E-state index in [0.717, 1.165) is 22.6 Å². The fraction of sp³-hybridized carbons (Fsp3) is 0.192. The SMILES string of the molecule is COc1c(C)cc(C)cc1/C(O)=C1\C(=O)C(=O)N(c2ccc(OC(F)(F)F)cc2)C1c1ccccn1. The Hall–Kier alpha value is -4.34. The molecule has 0 radical (unpaired) electrons. The fourth-order valence-electron chi connectivity index (χ4n) is 4.27. The number of carbonyl (C=O) groups excluding carboxylic acids is 2. The van der Waals surface area contributed by atoms with Crippen LogP contribution in [-0.2, 0) is 9.59 Å². The average molecular weight is 498 g/mol. The van der Waals surface area contributed by atoms with Gasteiger partial charge in [-0.3, -0.25) is 19.5 Å². The maximum atomic E-state index is 13.3. The number of hydrogen-bond donors (Lipinski definition) is 1. The Morgan fingerprint density at radius 2 is 1.75 bits per heavy atom. The second-order valence-corrected chi connectivity index (χ2v) is 8.13. The lowest BCUT2D eigenvalue weighted by molar-refractivity contribution is -0.274. The molecule has 0 saturated carbocycles. The summed E-state index contributed by atoms with van der Waals surface area (Å²) in [6.45, 7) is 3.59. The van der Waals surface area contributed by atoms with Gasteiger partial charge in [-0.05, 0) is 67.4 Å². The van der Waals surface area contributed by atoms with E-state index in [1.54, 1.807) is 31.2 Å². The second-order valence-electron chi connectivity index (χ2n) is 8.13. The third-order valence-electron chi connectivity index (χ3n) is 5.64. The van der Waals surface area contributed by atoms with Gasteiger partial charge >= 0.3 is 6.36 Å². The first-order valence-corrected chi connectivity index (χ1v) is 10.7. The van der Waals surface area contributed by atoms with Crippen LogP contribution < -0.4 is 14.4 Å². The van der Waals surface area contributed by atoms with E-state index < -0.39 is 35.6 Å². The van der Waals surface area contributed by atoms with Crippen molar-refractivity contribution in [2.75, 3.05) is 12.0 Å². The van der Waals surface area contributed by atoms with Crippen molar-refractivity contribution in [3.63, 3.8) is 0 Å². The summed E-state index contributed by atoms with van der Waals surface area (Å²) < 4.78 is 47.1. The van der Waals surface area contributed by atoms with E-state index in [9.17, 15) is 27.9 Å². The van der Waals surface area contributed by atoms with Gasteiger partial charge in [-0.2, -0.15) is 0 Å². The van der Waals surface area contributed by atoms with E-state index in [1.807, 2.05) is 13.0 Å². The van der Waals surface area contributed by atoms with E-state index in [1.165, 1.54) is 25.4 Å². The summed E-state index contributed by atoms with van der Waals surface area (Å²) in [5.41, 5.74) is 1.90. The van der Waals surface area contributed by atoms with Gasteiger partial charge in [0.25, 0.3) is 11.7 Å². The Morgan fingerprint density at radius 1 is 1.06 bits per heavy atom. The molecule has 1 saturated heterocycles. The Morgan fingerprint density at radius 3 is 2.33 bits per heavy atom. The van der Waals surface area contributed by atoms with Gasteiger partial charge in [0, 0.05) is 11.9 Å². The Labute approximate surface area is 204 Å². The van der Waals surface area contributed by atoms with Crippen LogP contribution in [-0.4, -0.2) is 35.3 Å². The third kappa shape index (κ3) is 4.61. The molecule has 36 heavy (non-hydrogen) atoms. The van der Waals surface area contributed by atoms with E-state index in [0.29, 0.717) is 11.3 Å². The lowest BCUT2D eigenvalue weighted by atomic mass is 9.95. The highest BCUT2D eigenvalue weighted by Crippen LogP contribution is 2.43. The standard InChI is InChI=1S/C26H21F3N2O5/c1-14-12-15(2)24(35-3)18(13-14)22(32)20-21(19-6-4-5-11-30-19)31(25(34)23(20)33)16-7-9-17(10-8-16)36-26(27,28)29/h4-13,21,32H,1-3H3/b22-20+. The van der Waals surface area contributed by atoms with E-state index >= 15 is 0 Å². The van der Waals surface area contributed by atoms with Crippen molar-refractivity contribution in [3.8, 4) is 11.5 Å². The molecule has 1 atom stereocenters. The number of pyridine rings is 1. The van der Waals surface area contributed by atoms with Crippen molar-refractivity contribution in [3.05, 3.63) is 88.8 Å². The molecule has 2 heterocycles. The quantitative estimate of drug-likeness (QED) is 0.294. The van der Waals surface area contributed by atoms with E-state index in [2.05, 4.69) is 9.72 Å². The number of anilines is 1. The number of benzene rings is 2. The van der Waals surface area contributed by atoms with Gasteiger partial charge in [-0.25, -0.2) is 0 Å². The zero-order chi connectivity index (χ0) is 26.2. The number of Topliss-reactive ketones (excluding diaryl/α,β-unsaturated/α-hetero) is 1. The summed E-state index contributed by atoms with van der Waals surface area (Å²) in [7, 11) is 1.42. The minimum absolute atomic E-state index is 0.119. The average Bonchev–Trinajstić information content (AvgIpc) is 3.09. The van der Waals surface area contributed by atoms with Crippen LogP contribution in [0.25, 0.3) is 5.76 Å². The van der Waals surface area contributed by atoms with Crippen molar-refractivity contribution in [2.24, 2.45) is 0 Å². The smallest absolute Gasteiger partial charge is 0.507 e. The number of halogens is 3. The topological polar surface area (TPSA) is 89.0 Å². The number of aryl methyl sites for hydroxylation is 2. The molecule has 3 aromatic rings. The van der Waals surface area contributed by atoms with Crippen molar-refractivity contribution in [2.45, 2.75) is 26.3 Å². The largest absolute Gasteiger partial charge is 0.573 e. The maximum Gasteiger partial charge on any atom is 0.573 e. The molecule has 1 amide bonds. The number of aliphatic hydroxyl groups is 1. The summed E-state index contributed by atoms with van der Waals surface area (Å²) in [5, 5.41) is 11.4. The Kier molecular flexibility index (Phi) is 6.45. The van der Waals surface area contributed by atoms with Crippen LogP contribution in [0, 0.1) is 13.8 Å². The number of amides is 1. The summed E-state index contributed by atoms with van der Waals surface area (Å²) in [6, 6.07) is 11.7. The molecular formula is C26H21F3N2O5. The predicted octanol–water partition coefficient (Wildman–Crippen LogP) is 5.23. The molecule has 1 N–H and O–H groups in total. The van der Waals surface area contributed by atoms with Crippen LogP contribution in [0.15, 0.2) is 66.4 Å². The normalized spacial score (nSPS) is 17.4. The Bertz CT molecular complexity index is 1350. The fourth-order valence-corrected chi connectivity index (χ4v) is 4.27. The number of hydrogen-bond acceptors (Lipinski definition) is 6. The van der Waals surface area contributed by atoms with Gasteiger partial charge in [0.2, 0.25) is 0 Å². The molecule has 0 aliphatic carbocycles. The molecule has 1 aliphatic rings. The van der Waals surface area contributed by atoms with Gasteiger partial charge in [0.15, 0.2) is 0 Å². The maximum absolute atomic E-state index is 13.3. The molecule has 2 aromatic carbocycles. The number of aromatic nitrogens is 1. The lowest BCUT2D eigenvalue weighted by Gasteiger charge is -2.25. The van der Waals surface area contributed by atoms with Crippen molar-refractivity contribution < 1.29 is 37.3 Å². The van der Waals surface area contributed by atoms with Crippen LogP contribution in [0.4, 0.5) is 18.9 Å². The van der Waals surface area contributed by atoms with Crippen LogP contribution in [0.5, 0.6) is 11.5 Å². The van der Waals surface area contributed by atoms with Crippen LogP contribution in [0.3, 0.4) is 0 Å². The highest BCUT2D eigenvalue weighted by Gasteiger charge is 2.48. The van der Waals surface area contributed by atoms with Gasteiger partial charge in [-0.1, -0.05) is 12.1 Å². The first kappa shape index (κ1) is 24.8. The molecule has 186 valence electrons. The summed E-state index contributed by atoms with van der Waals surface area (Å²) in [4.78, 5) is 31.8. The molecule has 0 spiro atoms. The number of methoxy groups -OCH3 is 1. The molecule has 1 aliphatic heterocycles. The van der Waals surface area contributed by atoms with Crippen molar-refractivity contribution in [1.82, 2.24) is 4.98 Å². The number of rotatable bonds is 5. The number of ether oxygens (including phenoxy) is 2.